The molecule has 2 atom stereocenters. The number of nitrogens with one attached hydrogen (secondary N) is 2. The first-order chi connectivity index (χ1) is 13.7. The second kappa shape index (κ2) is 11.7. The predicted octanol–water partition coefficient (Wildman–Crippen LogP) is 3.09. The Kier molecular flexibility index (Phi) is 9.70. The minimum absolute atomic E-state index is 0.0789. The molecule has 10 nitrogen and oxygen atoms in total. The lowest BCUT2D eigenvalue weighted by Gasteiger charge is -2.18. The number of amides is 2. The van der Waals surface area contributed by atoms with Gasteiger partial charge in [-0.2, -0.15) is 0 Å². The lowest BCUT2D eigenvalue weighted by atomic mass is 10.1. The summed E-state index contributed by atoms with van der Waals surface area (Å²) in [6.45, 7) is 5.47. The number of rotatable bonds is 11. The summed E-state index contributed by atoms with van der Waals surface area (Å²) < 4.78 is 16.1. The van der Waals surface area contributed by atoms with Crippen LogP contribution in [0.3, 0.4) is 0 Å². The summed E-state index contributed by atoms with van der Waals surface area (Å²) in [7, 11) is 2.95. The summed E-state index contributed by atoms with van der Waals surface area (Å²) in [4.78, 5) is 34.2. The van der Waals surface area contributed by atoms with Gasteiger partial charge in [0.05, 0.1) is 30.3 Å². The molecule has 0 heterocycles. The van der Waals surface area contributed by atoms with Gasteiger partial charge in [-0.25, -0.2) is 4.79 Å². The van der Waals surface area contributed by atoms with Crippen LogP contribution in [0.15, 0.2) is 12.1 Å². The number of nitrogens with zero attached hydrogens (tertiary/aromatic N) is 1. The average molecular weight is 411 g/mol. The third-order valence-corrected chi connectivity index (χ3v) is 4.29. The van der Waals surface area contributed by atoms with Gasteiger partial charge in [-0.1, -0.05) is 6.92 Å². The van der Waals surface area contributed by atoms with E-state index in [0.29, 0.717) is 6.42 Å². The number of carbonyl (C=O) groups excluding carboxylic acids is 2. The van der Waals surface area contributed by atoms with Crippen molar-refractivity contribution in [1.29, 1.82) is 0 Å². The Morgan fingerprint density at radius 3 is 2.48 bits per heavy atom. The standard InChI is InChI=1S/C19H29N3O7/c1-6-12(2)21-19(24)29-13(3)14-10-16(27-5)17(11-15(14)22(25)26)28-9-7-8-18(23)20-4/h10-13H,6-9H2,1-5H3,(H,20,23)(H,21,24). The molecule has 2 unspecified atom stereocenters. The van der Waals surface area contributed by atoms with E-state index in [1.54, 1.807) is 14.0 Å². The predicted molar refractivity (Wildman–Crippen MR) is 106 cm³/mol. The van der Waals surface area contributed by atoms with E-state index in [2.05, 4.69) is 10.6 Å². The van der Waals surface area contributed by atoms with E-state index in [9.17, 15) is 19.7 Å². The number of hydrogen-bond acceptors (Lipinski definition) is 7. The summed E-state index contributed by atoms with van der Waals surface area (Å²) in [5, 5.41) is 16.7. The largest absolute Gasteiger partial charge is 0.493 e. The molecule has 0 fully saturated rings. The first-order valence-corrected chi connectivity index (χ1v) is 9.40. The fourth-order valence-corrected chi connectivity index (χ4v) is 2.42. The van der Waals surface area contributed by atoms with Crippen molar-refractivity contribution in [2.24, 2.45) is 0 Å². The second-order valence-electron chi connectivity index (χ2n) is 6.45. The van der Waals surface area contributed by atoms with Crippen LogP contribution < -0.4 is 20.1 Å². The van der Waals surface area contributed by atoms with Crippen molar-refractivity contribution in [3.63, 3.8) is 0 Å². The van der Waals surface area contributed by atoms with Crippen molar-refractivity contribution in [3.8, 4) is 11.5 Å². The van der Waals surface area contributed by atoms with Gasteiger partial charge in [0.2, 0.25) is 5.91 Å². The number of benzene rings is 1. The van der Waals surface area contributed by atoms with Crippen molar-refractivity contribution in [1.82, 2.24) is 10.6 Å². The SMILES string of the molecule is CCC(C)NC(=O)OC(C)c1cc(OC)c(OCCCC(=O)NC)cc1[N+](=O)[O-]. The Hall–Kier alpha value is -3.04. The number of alkyl carbamates (subject to hydrolysis) is 1. The highest BCUT2D eigenvalue weighted by molar-refractivity contribution is 5.75. The number of carbonyl (C=O) groups is 2. The molecule has 1 aromatic rings. The van der Waals surface area contributed by atoms with Crippen LogP contribution in [0.25, 0.3) is 0 Å². The highest BCUT2D eigenvalue weighted by atomic mass is 16.6. The van der Waals surface area contributed by atoms with E-state index < -0.39 is 17.1 Å². The van der Waals surface area contributed by atoms with E-state index in [4.69, 9.17) is 14.2 Å². The molecule has 0 aliphatic rings. The zero-order valence-corrected chi connectivity index (χ0v) is 17.4. The van der Waals surface area contributed by atoms with Crippen LogP contribution in [0, 0.1) is 10.1 Å². The molecule has 0 radical (unpaired) electrons. The molecule has 1 aromatic carbocycles. The van der Waals surface area contributed by atoms with Crippen LogP contribution in [-0.4, -0.2) is 43.7 Å². The molecule has 162 valence electrons. The summed E-state index contributed by atoms with van der Waals surface area (Å²) in [5.74, 6) is 0.322. The van der Waals surface area contributed by atoms with Crippen molar-refractivity contribution in [3.05, 3.63) is 27.8 Å². The Morgan fingerprint density at radius 2 is 1.93 bits per heavy atom. The summed E-state index contributed by atoms with van der Waals surface area (Å²) >= 11 is 0. The normalized spacial score (nSPS) is 12.4. The lowest BCUT2D eigenvalue weighted by Crippen LogP contribution is -2.33. The molecule has 0 aromatic heterocycles. The van der Waals surface area contributed by atoms with Crippen LogP contribution in [-0.2, 0) is 9.53 Å². The summed E-state index contributed by atoms with van der Waals surface area (Å²) in [5.41, 5.74) is -0.0696. The molecule has 2 amide bonds. The van der Waals surface area contributed by atoms with Gasteiger partial charge in [-0.05, 0) is 32.8 Å². The van der Waals surface area contributed by atoms with E-state index in [1.807, 2.05) is 13.8 Å². The van der Waals surface area contributed by atoms with Gasteiger partial charge in [-0.15, -0.1) is 0 Å². The maximum absolute atomic E-state index is 12.0. The number of ether oxygens (including phenoxy) is 3. The van der Waals surface area contributed by atoms with Gasteiger partial charge in [-0.3, -0.25) is 14.9 Å². The topological polar surface area (TPSA) is 129 Å². The Labute approximate surface area is 170 Å². The molecule has 0 aliphatic carbocycles. The molecule has 0 spiro atoms. The Morgan fingerprint density at radius 1 is 1.24 bits per heavy atom. The number of nitro groups is 1. The molecule has 0 bridgehead atoms. The monoisotopic (exact) mass is 411 g/mol. The highest BCUT2D eigenvalue weighted by Gasteiger charge is 2.26. The second-order valence-corrected chi connectivity index (χ2v) is 6.45. The number of hydrogen-bond donors (Lipinski definition) is 2. The van der Waals surface area contributed by atoms with Gasteiger partial charge < -0.3 is 24.8 Å². The van der Waals surface area contributed by atoms with Gasteiger partial charge in [0, 0.05) is 19.5 Å². The van der Waals surface area contributed by atoms with Gasteiger partial charge in [0.1, 0.15) is 6.10 Å². The molecule has 2 N–H and O–H groups in total. The first kappa shape index (κ1) is 24.0. The minimum Gasteiger partial charge on any atom is -0.493 e. The summed E-state index contributed by atoms with van der Waals surface area (Å²) in [6.07, 6.45) is -0.100. The van der Waals surface area contributed by atoms with Crippen LogP contribution in [0.1, 0.15) is 51.7 Å². The molecule has 10 heteroatoms. The smallest absolute Gasteiger partial charge is 0.407 e. The van der Waals surface area contributed by atoms with Crippen LogP contribution >= 0.6 is 0 Å². The minimum atomic E-state index is -0.879. The Balaban J connectivity index is 2.99. The highest BCUT2D eigenvalue weighted by Crippen LogP contribution is 2.38. The molecule has 1 rings (SSSR count). The van der Waals surface area contributed by atoms with Gasteiger partial charge in [0.25, 0.3) is 5.69 Å². The first-order valence-electron chi connectivity index (χ1n) is 9.40. The third-order valence-electron chi connectivity index (χ3n) is 4.29. The average Bonchev–Trinajstić information content (AvgIpc) is 2.69. The Bertz CT molecular complexity index is 724. The maximum Gasteiger partial charge on any atom is 0.407 e. The van der Waals surface area contributed by atoms with Crippen molar-refractivity contribution < 1.29 is 28.7 Å². The van der Waals surface area contributed by atoms with Crippen molar-refractivity contribution >= 4 is 17.7 Å². The zero-order chi connectivity index (χ0) is 22.0. The lowest BCUT2D eigenvalue weighted by molar-refractivity contribution is -0.386. The third kappa shape index (κ3) is 7.47. The molecule has 29 heavy (non-hydrogen) atoms. The van der Waals surface area contributed by atoms with Crippen LogP contribution in [0.2, 0.25) is 0 Å². The van der Waals surface area contributed by atoms with E-state index in [0.717, 1.165) is 6.42 Å². The molecular weight excluding hydrogens is 382 g/mol. The fraction of sp³-hybridized carbons (Fsp3) is 0.579. The maximum atomic E-state index is 12.0. The van der Waals surface area contributed by atoms with Crippen molar-refractivity contribution in [2.75, 3.05) is 20.8 Å². The molecule has 0 aliphatic heterocycles. The summed E-state index contributed by atoms with van der Waals surface area (Å²) in [6, 6.07) is 2.58. The van der Waals surface area contributed by atoms with Gasteiger partial charge >= 0.3 is 6.09 Å². The quantitative estimate of drug-likeness (QED) is 0.325. The molecule has 0 saturated carbocycles. The van der Waals surface area contributed by atoms with E-state index in [-0.39, 0.29) is 47.7 Å². The number of nitro benzene ring substituents is 1. The molecule has 0 saturated heterocycles. The fourth-order valence-electron chi connectivity index (χ4n) is 2.42. The van der Waals surface area contributed by atoms with Crippen LogP contribution in [0.5, 0.6) is 11.5 Å². The van der Waals surface area contributed by atoms with Gasteiger partial charge in [0.15, 0.2) is 11.5 Å². The van der Waals surface area contributed by atoms with Crippen LogP contribution in [0.4, 0.5) is 10.5 Å². The zero-order valence-electron chi connectivity index (χ0n) is 17.4. The molecular formula is C19H29N3O7. The van der Waals surface area contributed by atoms with E-state index >= 15 is 0 Å². The van der Waals surface area contributed by atoms with Crippen molar-refractivity contribution in [2.45, 2.75) is 52.2 Å². The number of methoxy groups -OCH3 is 1. The van der Waals surface area contributed by atoms with E-state index in [1.165, 1.54) is 19.2 Å².